The number of aromatic nitrogens is 2. The molecule has 1 aliphatic carbocycles. The molecule has 0 N–H and O–H groups in total. The predicted molar refractivity (Wildman–Crippen MR) is 121 cm³/mol. The highest BCUT2D eigenvalue weighted by Gasteiger charge is 2.31. The SMILES string of the molecule is CC(C)n1c(CN(CC2CC2)C(=O)c2ccco2)cnc1S(=O)(=O)Cc1cccc(Cl)c1. The third-order valence-electron chi connectivity index (χ3n) is 5.43. The molecule has 0 saturated heterocycles. The standard InChI is InChI=1S/C23H26ClN3O4S/c1-16(2)27-20(14-26(13-17-8-9-17)22(28)21-7-4-10-31-21)12-25-23(27)32(29,30)15-18-5-3-6-19(24)11-18/h3-7,10-12,16-17H,8-9,13-15H2,1-2H3. The summed E-state index contributed by atoms with van der Waals surface area (Å²) < 4.78 is 33.5. The molecule has 1 aromatic carbocycles. The summed E-state index contributed by atoms with van der Waals surface area (Å²) in [5, 5.41) is 0.483. The minimum Gasteiger partial charge on any atom is -0.459 e. The van der Waals surface area contributed by atoms with Crippen molar-refractivity contribution in [1.82, 2.24) is 14.5 Å². The minimum atomic E-state index is -3.72. The summed E-state index contributed by atoms with van der Waals surface area (Å²) in [7, 11) is -3.72. The van der Waals surface area contributed by atoms with Crippen molar-refractivity contribution in [2.75, 3.05) is 6.54 Å². The Bertz CT molecular complexity index is 1200. The van der Waals surface area contributed by atoms with E-state index in [1.54, 1.807) is 52.1 Å². The molecule has 0 bridgehead atoms. The first-order valence-corrected chi connectivity index (χ1v) is 12.6. The fraction of sp³-hybridized carbons (Fsp3) is 0.391. The van der Waals surface area contributed by atoms with Crippen molar-refractivity contribution < 1.29 is 17.6 Å². The highest BCUT2D eigenvalue weighted by atomic mass is 35.5. The van der Waals surface area contributed by atoms with Crippen molar-refractivity contribution in [3.8, 4) is 0 Å². The normalized spacial score (nSPS) is 14.1. The summed E-state index contributed by atoms with van der Waals surface area (Å²) >= 11 is 6.02. The maximum Gasteiger partial charge on any atom is 0.289 e. The van der Waals surface area contributed by atoms with E-state index in [-0.39, 0.29) is 35.2 Å². The van der Waals surface area contributed by atoms with Gasteiger partial charge in [-0.05, 0) is 62.4 Å². The number of hydrogen-bond acceptors (Lipinski definition) is 5. The summed E-state index contributed by atoms with van der Waals surface area (Å²) in [6, 6.07) is 9.97. The zero-order valence-corrected chi connectivity index (χ0v) is 19.6. The minimum absolute atomic E-state index is 0.000653. The third-order valence-corrected chi connectivity index (χ3v) is 7.23. The molecule has 7 nitrogen and oxygen atoms in total. The first-order chi connectivity index (χ1) is 15.2. The zero-order valence-electron chi connectivity index (χ0n) is 18.1. The van der Waals surface area contributed by atoms with E-state index in [4.69, 9.17) is 16.0 Å². The second-order valence-electron chi connectivity index (χ2n) is 8.49. The molecule has 2 aromatic heterocycles. The van der Waals surface area contributed by atoms with Crippen molar-refractivity contribution in [3.05, 3.63) is 70.9 Å². The van der Waals surface area contributed by atoms with E-state index in [0.717, 1.165) is 12.8 Å². The highest BCUT2D eigenvalue weighted by molar-refractivity contribution is 7.90. The number of furan rings is 1. The van der Waals surface area contributed by atoms with Gasteiger partial charge in [-0.3, -0.25) is 4.79 Å². The second-order valence-corrected chi connectivity index (χ2v) is 10.8. The fourth-order valence-corrected chi connectivity index (χ4v) is 5.57. The number of hydrogen-bond donors (Lipinski definition) is 0. The largest absolute Gasteiger partial charge is 0.459 e. The molecule has 0 radical (unpaired) electrons. The maximum absolute atomic E-state index is 13.2. The summed E-state index contributed by atoms with van der Waals surface area (Å²) in [5.41, 5.74) is 1.27. The number of carbonyl (C=O) groups excluding carboxylic acids is 1. The molecule has 1 saturated carbocycles. The van der Waals surface area contributed by atoms with Gasteiger partial charge in [0.15, 0.2) is 5.76 Å². The lowest BCUT2D eigenvalue weighted by atomic mass is 10.2. The van der Waals surface area contributed by atoms with E-state index in [0.29, 0.717) is 28.7 Å². The molecule has 0 unspecified atom stereocenters. The van der Waals surface area contributed by atoms with Crippen molar-refractivity contribution in [3.63, 3.8) is 0 Å². The lowest BCUT2D eigenvalue weighted by Crippen LogP contribution is -2.33. The predicted octanol–water partition coefficient (Wildman–Crippen LogP) is 4.74. The molecule has 0 spiro atoms. The van der Waals surface area contributed by atoms with Gasteiger partial charge in [0.05, 0.1) is 30.5 Å². The van der Waals surface area contributed by atoms with Crippen molar-refractivity contribution >= 4 is 27.3 Å². The molecule has 2 heterocycles. The van der Waals surface area contributed by atoms with Gasteiger partial charge in [0, 0.05) is 17.6 Å². The number of sulfone groups is 1. The van der Waals surface area contributed by atoms with Crippen LogP contribution in [0.2, 0.25) is 5.02 Å². The summed E-state index contributed by atoms with van der Waals surface area (Å²) in [4.78, 5) is 19.0. The number of nitrogens with zero attached hydrogens (tertiary/aromatic N) is 3. The van der Waals surface area contributed by atoms with Crippen LogP contribution in [0.4, 0.5) is 0 Å². The maximum atomic E-state index is 13.2. The number of halogens is 1. The zero-order chi connectivity index (χ0) is 22.9. The smallest absolute Gasteiger partial charge is 0.289 e. The topological polar surface area (TPSA) is 85.4 Å². The second kappa shape index (κ2) is 9.11. The van der Waals surface area contributed by atoms with Crippen LogP contribution in [-0.2, 0) is 22.1 Å². The summed E-state index contributed by atoms with van der Waals surface area (Å²) in [6.07, 6.45) is 5.21. The first kappa shape index (κ1) is 22.6. The van der Waals surface area contributed by atoms with Gasteiger partial charge in [-0.15, -0.1) is 0 Å². The van der Waals surface area contributed by atoms with Gasteiger partial charge < -0.3 is 13.9 Å². The molecule has 9 heteroatoms. The molecule has 1 fully saturated rings. The monoisotopic (exact) mass is 475 g/mol. The van der Waals surface area contributed by atoms with Crippen LogP contribution in [0.5, 0.6) is 0 Å². The van der Waals surface area contributed by atoms with E-state index >= 15 is 0 Å². The fourth-order valence-electron chi connectivity index (χ4n) is 3.77. The van der Waals surface area contributed by atoms with Gasteiger partial charge in [-0.2, -0.15) is 0 Å². The Morgan fingerprint density at radius 1 is 1.28 bits per heavy atom. The molecule has 4 rings (SSSR count). The van der Waals surface area contributed by atoms with Crippen LogP contribution in [0.3, 0.4) is 0 Å². The Balaban J connectivity index is 1.63. The number of benzene rings is 1. The molecule has 32 heavy (non-hydrogen) atoms. The summed E-state index contributed by atoms with van der Waals surface area (Å²) in [6.45, 7) is 4.67. The van der Waals surface area contributed by atoms with Crippen LogP contribution in [0.25, 0.3) is 0 Å². The van der Waals surface area contributed by atoms with E-state index in [1.807, 2.05) is 13.8 Å². The van der Waals surface area contributed by atoms with Crippen LogP contribution < -0.4 is 0 Å². The Morgan fingerprint density at radius 2 is 2.06 bits per heavy atom. The molecular formula is C23H26ClN3O4S. The first-order valence-electron chi connectivity index (χ1n) is 10.6. The van der Waals surface area contributed by atoms with E-state index in [2.05, 4.69) is 4.98 Å². The molecule has 0 aliphatic heterocycles. The van der Waals surface area contributed by atoms with E-state index in [1.165, 1.54) is 6.26 Å². The van der Waals surface area contributed by atoms with Gasteiger partial charge in [0.2, 0.25) is 15.0 Å². The van der Waals surface area contributed by atoms with Crippen molar-refractivity contribution in [1.29, 1.82) is 0 Å². The Hall–Kier alpha value is -2.58. The van der Waals surface area contributed by atoms with Crippen LogP contribution in [-0.4, -0.2) is 35.3 Å². The molecule has 0 atom stereocenters. The van der Waals surface area contributed by atoms with Crippen molar-refractivity contribution in [2.45, 2.75) is 50.2 Å². The lowest BCUT2D eigenvalue weighted by molar-refractivity contribution is 0.0697. The lowest BCUT2D eigenvalue weighted by Gasteiger charge is -2.24. The quantitative estimate of drug-likeness (QED) is 0.446. The molecule has 1 amide bonds. The van der Waals surface area contributed by atoms with Gasteiger partial charge >= 0.3 is 0 Å². The Kier molecular flexibility index (Phi) is 6.44. The van der Waals surface area contributed by atoms with Crippen LogP contribution in [0.15, 0.2) is 58.4 Å². The number of amides is 1. The summed E-state index contributed by atoms with van der Waals surface area (Å²) in [5.74, 6) is 0.334. The average molecular weight is 476 g/mol. The van der Waals surface area contributed by atoms with Gasteiger partial charge in [0.1, 0.15) is 0 Å². The van der Waals surface area contributed by atoms with E-state index in [9.17, 15) is 13.2 Å². The molecular weight excluding hydrogens is 450 g/mol. The van der Waals surface area contributed by atoms with Gasteiger partial charge in [-0.1, -0.05) is 23.7 Å². The number of rotatable bonds is 9. The van der Waals surface area contributed by atoms with Gasteiger partial charge in [-0.25, -0.2) is 13.4 Å². The molecule has 170 valence electrons. The average Bonchev–Trinajstić information content (AvgIpc) is 3.20. The van der Waals surface area contributed by atoms with Crippen molar-refractivity contribution in [2.24, 2.45) is 5.92 Å². The van der Waals surface area contributed by atoms with Gasteiger partial charge in [0.25, 0.3) is 5.91 Å². The third kappa shape index (κ3) is 5.07. The Labute approximate surface area is 192 Å². The Morgan fingerprint density at radius 3 is 2.69 bits per heavy atom. The van der Waals surface area contributed by atoms with Crippen LogP contribution >= 0.6 is 11.6 Å². The number of carbonyl (C=O) groups is 1. The molecule has 3 aromatic rings. The number of imidazole rings is 1. The van der Waals surface area contributed by atoms with E-state index < -0.39 is 9.84 Å². The van der Waals surface area contributed by atoms with Crippen LogP contribution in [0.1, 0.15) is 54.5 Å². The molecule has 1 aliphatic rings. The highest BCUT2D eigenvalue weighted by Crippen LogP contribution is 2.31. The van der Waals surface area contributed by atoms with Crippen LogP contribution in [0, 0.1) is 5.92 Å².